The number of thiazole rings is 1. The SMILES string of the molecule is CCc1nc(CN2C(=O)C(=O)c3cccc(F)c32)cs1. The van der Waals surface area contributed by atoms with E-state index in [1.165, 1.54) is 34.4 Å². The second-order valence-corrected chi connectivity index (χ2v) is 5.39. The molecule has 1 amide bonds. The summed E-state index contributed by atoms with van der Waals surface area (Å²) in [5.41, 5.74) is 0.860. The van der Waals surface area contributed by atoms with E-state index in [1.807, 2.05) is 12.3 Å². The molecule has 0 unspecified atom stereocenters. The molecule has 0 saturated carbocycles. The van der Waals surface area contributed by atoms with Gasteiger partial charge in [0.25, 0.3) is 11.7 Å². The Morgan fingerprint density at radius 3 is 2.85 bits per heavy atom. The molecule has 1 aromatic heterocycles. The van der Waals surface area contributed by atoms with Crippen molar-refractivity contribution in [3.63, 3.8) is 0 Å². The monoisotopic (exact) mass is 290 g/mol. The Morgan fingerprint density at radius 1 is 1.35 bits per heavy atom. The number of halogens is 1. The second kappa shape index (κ2) is 4.79. The summed E-state index contributed by atoms with van der Waals surface area (Å²) < 4.78 is 13.9. The Hall–Kier alpha value is -2.08. The highest BCUT2D eigenvalue weighted by molar-refractivity contribution is 7.09. The summed E-state index contributed by atoms with van der Waals surface area (Å²) in [6.07, 6.45) is 0.808. The molecule has 0 N–H and O–H groups in total. The van der Waals surface area contributed by atoms with Crippen LogP contribution in [0.4, 0.5) is 10.1 Å². The van der Waals surface area contributed by atoms with Gasteiger partial charge in [0.2, 0.25) is 0 Å². The number of amides is 1. The quantitative estimate of drug-likeness (QED) is 0.816. The van der Waals surface area contributed by atoms with Crippen molar-refractivity contribution in [2.45, 2.75) is 19.9 Å². The Morgan fingerprint density at radius 2 is 2.15 bits per heavy atom. The highest BCUT2D eigenvalue weighted by Crippen LogP contribution is 2.32. The molecule has 1 aliphatic rings. The number of para-hydroxylation sites is 1. The van der Waals surface area contributed by atoms with Crippen molar-refractivity contribution in [1.82, 2.24) is 4.98 Å². The first-order chi connectivity index (χ1) is 9.61. The lowest BCUT2D eigenvalue weighted by atomic mass is 10.1. The van der Waals surface area contributed by atoms with Gasteiger partial charge in [-0.1, -0.05) is 13.0 Å². The van der Waals surface area contributed by atoms with E-state index in [2.05, 4.69) is 4.98 Å². The number of carbonyl (C=O) groups excluding carboxylic acids is 2. The minimum absolute atomic E-state index is 0.0635. The number of carbonyl (C=O) groups is 2. The Bertz CT molecular complexity index is 711. The van der Waals surface area contributed by atoms with Crippen molar-refractivity contribution >= 4 is 28.7 Å². The van der Waals surface area contributed by atoms with Crippen molar-refractivity contribution in [3.05, 3.63) is 45.7 Å². The first-order valence-electron chi connectivity index (χ1n) is 6.19. The molecule has 0 bridgehead atoms. The molecule has 0 radical (unpaired) electrons. The van der Waals surface area contributed by atoms with Gasteiger partial charge in [-0.25, -0.2) is 9.37 Å². The third-order valence-corrected chi connectivity index (χ3v) is 4.20. The van der Waals surface area contributed by atoms with E-state index in [1.54, 1.807) is 0 Å². The maximum atomic E-state index is 13.9. The number of aryl methyl sites for hydroxylation is 1. The van der Waals surface area contributed by atoms with Gasteiger partial charge in [0.1, 0.15) is 5.82 Å². The summed E-state index contributed by atoms with van der Waals surface area (Å²) in [7, 11) is 0. The van der Waals surface area contributed by atoms with Crippen molar-refractivity contribution < 1.29 is 14.0 Å². The Kier molecular flexibility index (Phi) is 3.10. The average molecular weight is 290 g/mol. The third-order valence-electron chi connectivity index (χ3n) is 3.16. The summed E-state index contributed by atoms with van der Waals surface area (Å²) in [5.74, 6) is -1.92. The van der Waals surface area contributed by atoms with Crippen LogP contribution in [0, 0.1) is 5.82 Å². The number of ketones is 1. The summed E-state index contributed by atoms with van der Waals surface area (Å²) in [4.78, 5) is 29.3. The molecule has 2 heterocycles. The van der Waals surface area contributed by atoms with E-state index in [0.717, 1.165) is 11.4 Å². The topological polar surface area (TPSA) is 50.3 Å². The Balaban J connectivity index is 1.98. The normalized spacial score (nSPS) is 14.0. The zero-order valence-corrected chi connectivity index (χ0v) is 11.5. The van der Waals surface area contributed by atoms with Crippen molar-refractivity contribution in [2.24, 2.45) is 0 Å². The minimum atomic E-state index is -0.698. The maximum Gasteiger partial charge on any atom is 0.299 e. The molecule has 0 saturated heterocycles. The largest absolute Gasteiger partial charge is 0.299 e. The van der Waals surface area contributed by atoms with Gasteiger partial charge in [-0.15, -0.1) is 11.3 Å². The first-order valence-corrected chi connectivity index (χ1v) is 7.07. The van der Waals surface area contributed by atoms with Gasteiger partial charge >= 0.3 is 0 Å². The lowest BCUT2D eigenvalue weighted by molar-refractivity contribution is -0.114. The Labute approximate surface area is 118 Å². The zero-order valence-electron chi connectivity index (χ0n) is 10.7. The molecule has 0 spiro atoms. The van der Waals surface area contributed by atoms with Crippen LogP contribution in [-0.2, 0) is 17.8 Å². The van der Waals surface area contributed by atoms with Crippen LogP contribution in [0.3, 0.4) is 0 Å². The predicted molar refractivity (Wildman–Crippen MR) is 73.4 cm³/mol. The van der Waals surface area contributed by atoms with Gasteiger partial charge < -0.3 is 0 Å². The van der Waals surface area contributed by atoms with Gasteiger partial charge in [0.05, 0.1) is 28.5 Å². The molecular weight excluding hydrogens is 279 g/mol. The van der Waals surface area contributed by atoms with Crippen LogP contribution >= 0.6 is 11.3 Å². The molecule has 4 nitrogen and oxygen atoms in total. The standard InChI is InChI=1S/C14H11FN2O2S/c1-2-11-16-8(7-20-11)6-17-12-9(13(18)14(17)19)4-3-5-10(12)15/h3-5,7H,2,6H2,1H3. The van der Waals surface area contributed by atoms with Crippen LogP contribution in [0.1, 0.15) is 28.0 Å². The molecule has 0 atom stereocenters. The fourth-order valence-electron chi connectivity index (χ4n) is 2.21. The fraction of sp³-hybridized carbons (Fsp3) is 0.214. The van der Waals surface area contributed by atoms with Crippen molar-refractivity contribution in [3.8, 4) is 0 Å². The predicted octanol–water partition coefficient (Wildman–Crippen LogP) is 2.57. The summed E-state index contributed by atoms with van der Waals surface area (Å²) in [6, 6.07) is 4.15. The molecule has 3 rings (SSSR count). The molecule has 1 aromatic carbocycles. The zero-order chi connectivity index (χ0) is 14.3. The van der Waals surface area contributed by atoms with Crippen LogP contribution in [0.2, 0.25) is 0 Å². The van der Waals surface area contributed by atoms with Crippen LogP contribution in [0.25, 0.3) is 0 Å². The maximum absolute atomic E-state index is 13.9. The van der Waals surface area contributed by atoms with Crippen molar-refractivity contribution in [2.75, 3.05) is 4.90 Å². The number of fused-ring (bicyclic) bond motifs is 1. The van der Waals surface area contributed by atoms with Gasteiger partial charge in [-0.05, 0) is 18.6 Å². The second-order valence-electron chi connectivity index (χ2n) is 4.44. The molecule has 6 heteroatoms. The molecule has 0 fully saturated rings. The summed E-state index contributed by atoms with van der Waals surface area (Å²) in [5, 5.41) is 2.78. The lowest BCUT2D eigenvalue weighted by Gasteiger charge is -2.15. The van der Waals surface area contributed by atoms with Crippen LogP contribution < -0.4 is 4.90 Å². The minimum Gasteiger partial charge on any atom is -0.296 e. The van der Waals surface area contributed by atoms with Gasteiger partial charge in [0, 0.05) is 5.38 Å². The number of hydrogen-bond donors (Lipinski definition) is 0. The van der Waals surface area contributed by atoms with Crippen LogP contribution in [0.15, 0.2) is 23.6 Å². The molecule has 20 heavy (non-hydrogen) atoms. The number of aromatic nitrogens is 1. The number of anilines is 1. The number of hydrogen-bond acceptors (Lipinski definition) is 4. The number of Topliss-reactive ketones (excluding diaryl/α,β-unsaturated/α-hetero) is 1. The summed E-state index contributed by atoms with van der Waals surface area (Å²) >= 11 is 1.49. The molecular formula is C14H11FN2O2S. The highest BCUT2D eigenvalue weighted by atomic mass is 32.1. The molecule has 2 aromatic rings. The number of rotatable bonds is 3. The molecule has 102 valence electrons. The van der Waals surface area contributed by atoms with E-state index >= 15 is 0 Å². The lowest BCUT2D eigenvalue weighted by Crippen LogP contribution is -2.29. The van der Waals surface area contributed by atoms with Gasteiger partial charge in [-0.2, -0.15) is 0 Å². The summed E-state index contributed by atoms with van der Waals surface area (Å²) in [6.45, 7) is 2.11. The van der Waals surface area contributed by atoms with Crippen LogP contribution in [-0.4, -0.2) is 16.7 Å². The van der Waals surface area contributed by atoms with E-state index in [-0.39, 0.29) is 17.8 Å². The fourth-order valence-corrected chi connectivity index (χ4v) is 2.94. The van der Waals surface area contributed by atoms with Crippen LogP contribution in [0.5, 0.6) is 0 Å². The van der Waals surface area contributed by atoms with E-state index in [9.17, 15) is 14.0 Å². The number of benzene rings is 1. The smallest absolute Gasteiger partial charge is 0.296 e. The van der Waals surface area contributed by atoms with E-state index in [0.29, 0.717) is 5.69 Å². The first kappa shape index (κ1) is 12.9. The highest BCUT2D eigenvalue weighted by Gasteiger charge is 2.38. The average Bonchev–Trinajstić information content (AvgIpc) is 2.99. The third kappa shape index (κ3) is 1.92. The molecule has 1 aliphatic heterocycles. The van der Waals surface area contributed by atoms with Crippen molar-refractivity contribution in [1.29, 1.82) is 0 Å². The van der Waals surface area contributed by atoms with E-state index < -0.39 is 17.5 Å². The van der Waals surface area contributed by atoms with Gasteiger partial charge in [-0.3, -0.25) is 14.5 Å². The van der Waals surface area contributed by atoms with E-state index in [4.69, 9.17) is 0 Å². The molecule has 0 aliphatic carbocycles. The number of nitrogens with zero attached hydrogens (tertiary/aromatic N) is 2. The van der Waals surface area contributed by atoms with Gasteiger partial charge in [0.15, 0.2) is 0 Å².